The standard InChI is InChI=1S/C19H16BrNO6/c1-3-25-19(22)18-11(2)27-16-9-15(20)17(8-14(16)18)26-10-12-4-6-13(7-5-12)21(23)24/h4-9H,3,10H2,1-2H3. The van der Waals surface area contributed by atoms with Crippen LogP contribution < -0.4 is 4.74 Å². The molecule has 2 aromatic carbocycles. The number of nitro benzene ring substituents is 1. The molecule has 7 nitrogen and oxygen atoms in total. The molecule has 0 bridgehead atoms. The minimum Gasteiger partial charge on any atom is -0.488 e. The summed E-state index contributed by atoms with van der Waals surface area (Å²) in [6, 6.07) is 9.57. The number of fused-ring (bicyclic) bond motifs is 1. The number of benzene rings is 2. The smallest absolute Gasteiger partial charge is 0.342 e. The van der Waals surface area contributed by atoms with Crippen LogP contribution in [-0.4, -0.2) is 17.5 Å². The van der Waals surface area contributed by atoms with Crippen molar-refractivity contribution < 1.29 is 23.6 Å². The van der Waals surface area contributed by atoms with Gasteiger partial charge in [-0.25, -0.2) is 4.79 Å². The Hall–Kier alpha value is -2.87. The van der Waals surface area contributed by atoms with Crippen LogP contribution in [0.2, 0.25) is 0 Å². The zero-order chi connectivity index (χ0) is 19.6. The van der Waals surface area contributed by atoms with Gasteiger partial charge in [0.1, 0.15) is 29.3 Å². The van der Waals surface area contributed by atoms with Crippen molar-refractivity contribution in [2.45, 2.75) is 20.5 Å². The fraction of sp³-hybridized carbons (Fsp3) is 0.211. The summed E-state index contributed by atoms with van der Waals surface area (Å²) in [5, 5.41) is 11.3. The average molecular weight is 434 g/mol. The monoisotopic (exact) mass is 433 g/mol. The van der Waals surface area contributed by atoms with Crippen LogP contribution in [0.5, 0.6) is 5.75 Å². The molecule has 0 radical (unpaired) electrons. The van der Waals surface area contributed by atoms with Crippen LogP contribution in [0.4, 0.5) is 5.69 Å². The SMILES string of the molecule is CCOC(=O)c1c(C)oc2cc(Br)c(OCc3ccc([N+](=O)[O-])cc3)cc12. The number of nitrogens with zero attached hydrogens (tertiary/aromatic N) is 1. The maximum absolute atomic E-state index is 12.2. The summed E-state index contributed by atoms with van der Waals surface area (Å²) in [4.78, 5) is 22.5. The Morgan fingerprint density at radius 1 is 1.26 bits per heavy atom. The van der Waals surface area contributed by atoms with E-state index in [4.69, 9.17) is 13.9 Å². The van der Waals surface area contributed by atoms with Gasteiger partial charge in [0.25, 0.3) is 5.69 Å². The molecule has 0 aliphatic heterocycles. The summed E-state index contributed by atoms with van der Waals surface area (Å²) in [5.41, 5.74) is 1.72. The molecule has 0 amide bonds. The predicted molar refractivity (Wildman–Crippen MR) is 102 cm³/mol. The molecule has 0 saturated heterocycles. The van der Waals surface area contributed by atoms with Crippen molar-refractivity contribution in [3.8, 4) is 5.75 Å². The highest BCUT2D eigenvalue weighted by Gasteiger charge is 2.21. The lowest BCUT2D eigenvalue weighted by Gasteiger charge is -2.09. The van der Waals surface area contributed by atoms with Crippen molar-refractivity contribution in [3.63, 3.8) is 0 Å². The second-order valence-electron chi connectivity index (χ2n) is 5.74. The topological polar surface area (TPSA) is 91.8 Å². The molecule has 1 heterocycles. The summed E-state index contributed by atoms with van der Waals surface area (Å²) in [7, 11) is 0. The van der Waals surface area contributed by atoms with Crippen LogP contribution in [0, 0.1) is 17.0 Å². The average Bonchev–Trinajstić information content (AvgIpc) is 2.94. The first kappa shape index (κ1) is 18.9. The maximum Gasteiger partial charge on any atom is 0.342 e. The van der Waals surface area contributed by atoms with Gasteiger partial charge in [-0.1, -0.05) is 0 Å². The number of non-ortho nitro benzene ring substituents is 1. The van der Waals surface area contributed by atoms with Gasteiger partial charge in [0, 0.05) is 17.5 Å². The van der Waals surface area contributed by atoms with Gasteiger partial charge in [0.05, 0.1) is 16.0 Å². The van der Waals surface area contributed by atoms with Crippen molar-refractivity contribution in [2.75, 3.05) is 6.61 Å². The molecule has 1 aromatic heterocycles. The van der Waals surface area contributed by atoms with E-state index in [1.807, 2.05) is 0 Å². The molecule has 140 valence electrons. The number of hydrogen-bond donors (Lipinski definition) is 0. The van der Waals surface area contributed by atoms with Crippen LogP contribution in [-0.2, 0) is 11.3 Å². The van der Waals surface area contributed by atoms with Crippen LogP contribution >= 0.6 is 15.9 Å². The number of halogens is 1. The summed E-state index contributed by atoms with van der Waals surface area (Å²) >= 11 is 3.43. The maximum atomic E-state index is 12.2. The summed E-state index contributed by atoms with van der Waals surface area (Å²) in [6.07, 6.45) is 0. The third-order valence-electron chi connectivity index (χ3n) is 3.94. The van der Waals surface area contributed by atoms with E-state index in [1.165, 1.54) is 12.1 Å². The van der Waals surface area contributed by atoms with Crippen molar-refractivity contribution >= 4 is 38.6 Å². The number of furan rings is 1. The molecule has 0 aliphatic rings. The van der Waals surface area contributed by atoms with E-state index in [1.54, 1.807) is 38.1 Å². The zero-order valence-corrected chi connectivity index (χ0v) is 16.2. The summed E-state index contributed by atoms with van der Waals surface area (Å²) in [5.74, 6) is 0.549. The van der Waals surface area contributed by atoms with Crippen molar-refractivity contribution in [1.29, 1.82) is 0 Å². The Morgan fingerprint density at radius 3 is 2.59 bits per heavy atom. The molecular weight excluding hydrogens is 418 g/mol. The number of nitro groups is 1. The Bertz CT molecular complexity index is 1010. The lowest BCUT2D eigenvalue weighted by Crippen LogP contribution is -2.05. The Morgan fingerprint density at radius 2 is 1.96 bits per heavy atom. The van der Waals surface area contributed by atoms with E-state index in [-0.39, 0.29) is 18.9 Å². The van der Waals surface area contributed by atoms with Crippen LogP contribution in [0.15, 0.2) is 45.3 Å². The second-order valence-corrected chi connectivity index (χ2v) is 6.60. The van der Waals surface area contributed by atoms with Crippen LogP contribution in [0.25, 0.3) is 11.0 Å². The van der Waals surface area contributed by atoms with E-state index in [2.05, 4.69) is 15.9 Å². The molecule has 27 heavy (non-hydrogen) atoms. The Labute approximate surface area is 163 Å². The molecule has 0 aliphatic carbocycles. The second kappa shape index (κ2) is 7.79. The molecule has 8 heteroatoms. The van der Waals surface area contributed by atoms with Gasteiger partial charge in [0.2, 0.25) is 0 Å². The van der Waals surface area contributed by atoms with Gasteiger partial charge in [-0.2, -0.15) is 0 Å². The number of rotatable bonds is 6. The van der Waals surface area contributed by atoms with Crippen LogP contribution in [0.1, 0.15) is 28.6 Å². The molecule has 3 aromatic rings. The lowest BCUT2D eigenvalue weighted by molar-refractivity contribution is -0.384. The van der Waals surface area contributed by atoms with Crippen molar-refractivity contribution in [1.82, 2.24) is 0 Å². The zero-order valence-electron chi connectivity index (χ0n) is 14.7. The van der Waals surface area contributed by atoms with Gasteiger partial charge in [-0.3, -0.25) is 10.1 Å². The van der Waals surface area contributed by atoms with Crippen LogP contribution in [0.3, 0.4) is 0 Å². The molecule has 0 fully saturated rings. The largest absolute Gasteiger partial charge is 0.488 e. The minimum atomic E-state index is -0.451. The third-order valence-corrected chi connectivity index (χ3v) is 4.56. The van der Waals surface area contributed by atoms with Crippen molar-refractivity contribution in [2.24, 2.45) is 0 Å². The number of carbonyl (C=O) groups is 1. The van der Waals surface area contributed by atoms with Gasteiger partial charge in [0.15, 0.2) is 0 Å². The minimum absolute atomic E-state index is 0.0225. The predicted octanol–water partition coefficient (Wildman–Crippen LogP) is 5.17. The highest BCUT2D eigenvalue weighted by molar-refractivity contribution is 9.10. The molecule has 3 rings (SSSR count). The van der Waals surface area contributed by atoms with E-state index in [9.17, 15) is 14.9 Å². The third kappa shape index (κ3) is 3.95. The van der Waals surface area contributed by atoms with E-state index < -0.39 is 10.9 Å². The number of aryl methyl sites for hydroxylation is 1. The highest BCUT2D eigenvalue weighted by Crippen LogP contribution is 2.35. The first-order valence-corrected chi connectivity index (χ1v) is 8.96. The number of carbonyl (C=O) groups excluding carboxylic acids is 1. The lowest BCUT2D eigenvalue weighted by atomic mass is 10.1. The molecule has 0 saturated carbocycles. The number of hydrogen-bond acceptors (Lipinski definition) is 6. The van der Waals surface area contributed by atoms with Gasteiger partial charge < -0.3 is 13.9 Å². The fourth-order valence-electron chi connectivity index (χ4n) is 2.66. The Balaban J connectivity index is 1.87. The number of esters is 1. The van der Waals surface area contributed by atoms with E-state index >= 15 is 0 Å². The quantitative estimate of drug-likeness (QED) is 0.302. The van der Waals surface area contributed by atoms with E-state index in [0.717, 1.165) is 5.56 Å². The molecule has 0 N–H and O–H groups in total. The van der Waals surface area contributed by atoms with Crippen molar-refractivity contribution in [3.05, 3.63) is 67.9 Å². The Kier molecular flexibility index (Phi) is 5.46. The molecular formula is C19H16BrNO6. The van der Waals surface area contributed by atoms with Gasteiger partial charge in [-0.15, -0.1) is 0 Å². The fourth-order valence-corrected chi connectivity index (χ4v) is 3.10. The number of ether oxygens (including phenoxy) is 2. The normalized spacial score (nSPS) is 10.8. The van der Waals surface area contributed by atoms with Gasteiger partial charge >= 0.3 is 5.97 Å². The first-order chi connectivity index (χ1) is 12.9. The van der Waals surface area contributed by atoms with E-state index in [0.29, 0.717) is 32.5 Å². The highest BCUT2D eigenvalue weighted by atomic mass is 79.9. The summed E-state index contributed by atoms with van der Waals surface area (Å²) in [6.45, 7) is 3.93. The van der Waals surface area contributed by atoms with Gasteiger partial charge in [-0.05, 0) is 59.6 Å². The first-order valence-electron chi connectivity index (χ1n) is 8.16. The molecule has 0 atom stereocenters. The molecule has 0 unspecified atom stereocenters. The summed E-state index contributed by atoms with van der Waals surface area (Å²) < 4.78 is 17.2. The molecule has 0 spiro atoms.